The quantitative estimate of drug-likeness (QED) is 0.688. The van der Waals surface area contributed by atoms with Crippen molar-refractivity contribution in [3.63, 3.8) is 0 Å². The van der Waals surface area contributed by atoms with E-state index in [1.807, 2.05) is 13.8 Å². The Kier molecular flexibility index (Phi) is 2.66. The maximum Gasteiger partial charge on any atom is 0.227 e. The van der Waals surface area contributed by atoms with Crippen molar-refractivity contribution in [3.8, 4) is 0 Å². The minimum Gasteiger partial charge on any atom is -0.350 e. The molecule has 1 aliphatic carbocycles. The fraction of sp³-hybridized carbons (Fsp3) is 0.900. The van der Waals surface area contributed by atoms with Crippen molar-refractivity contribution in [2.24, 2.45) is 11.1 Å². The molecule has 0 bridgehead atoms. The number of carbonyl (C=O) groups excluding carboxylic acids is 1. The van der Waals surface area contributed by atoms with Crippen molar-refractivity contribution < 1.29 is 4.79 Å². The van der Waals surface area contributed by atoms with Crippen LogP contribution >= 0.6 is 0 Å². The van der Waals surface area contributed by atoms with Crippen LogP contribution in [0.2, 0.25) is 0 Å². The van der Waals surface area contributed by atoms with E-state index in [1.54, 1.807) is 0 Å². The van der Waals surface area contributed by atoms with Gasteiger partial charge in [0.25, 0.3) is 0 Å². The number of hydrogen-bond donors (Lipinski definition) is 2. The summed E-state index contributed by atoms with van der Waals surface area (Å²) in [6, 6.07) is 0. The standard InChI is InChI=1S/C10H20N2O/c1-9(2,7-11)8(13)12-10(3)5-4-6-10/h4-7,11H2,1-3H3,(H,12,13). The van der Waals surface area contributed by atoms with Crippen LogP contribution in [0.15, 0.2) is 0 Å². The third kappa shape index (κ3) is 2.21. The molecule has 1 amide bonds. The van der Waals surface area contributed by atoms with Crippen molar-refractivity contribution in [1.82, 2.24) is 5.32 Å². The number of hydrogen-bond acceptors (Lipinski definition) is 2. The smallest absolute Gasteiger partial charge is 0.227 e. The van der Waals surface area contributed by atoms with Crippen molar-refractivity contribution in [2.45, 2.75) is 45.6 Å². The molecule has 3 nitrogen and oxygen atoms in total. The van der Waals surface area contributed by atoms with Gasteiger partial charge >= 0.3 is 0 Å². The summed E-state index contributed by atoms with van der Waals surface area (Å²) in [6.45, 7) is 6.25. The fourth-order valence-electron chi connectivity index (χ4n) is 1.37. The van der Waals surface area contributed by atoms with Gasteiger partial charge in [-0.1, -0.05) is 0 Å². The maximum absolute atomic E-state index is 11.7. The normalized spacial score (nSPS) is 20.6. The Balaban J connectivity index is 2.49. The Labute approximate surface area is 80.1 Å². The lowest BCUT2D eigenvalue weighted by atomic mass is 9.77. The van der Waals surface area contributed by atoms with Gasteiger partial charge in [-0.2, -0.15) is 0 Å². The molecular formula is C10H20N2O. The zero-order valence-corrected chi connectivity index (χ0v) is 8.81. The molecule has 1 saturated carbocycles. The summed E-state index contributed by atoms with van der Waals surface area (Å²) in [5.41, 5.74) is 5.14. The molecule has 0 aliphatic heterocycles. The molecular weight excluding hydrogens is 164 g/mol. The SMILES string of the molecule is CC1(NC(=O)C(C)(C)CN)CCC1. The third-order valence-electron chi connectivity index (χ3n) is 3.00. The first-order chi connectivity index (χ1) is 5.90. The zero-order valence-electron chi connectivity index (χ0n) is 8.81. The molecule has 0 unspecified atom stereocenters. The summed E-state index contributed by atoms with van der Waals surface area (Å²) in [6.07, 6.45) is 3.42. The largest absolute Gasteiger partial charge is 0.350 e. The van der Waals surface area contributed by atoms with Crippen LogP contribution in [0.5, 0.6) is 0 Å². The highest BCUT2D eigenvalue weighted by Gasteiger charge is 2.37. The van der Waals surface area contributed by atoms with Gasteiger partial charge in [-0.05, 0) is 40.0 Å². The predicted octanol–water partition coefficient (Wildman–Crippen LogP) is 1.03. The molecule has 0 radical (unpaired) electrons. The predicted molar refractivity (Wildman–Crippen MR) is 53.2 cm³/mol. The summed E-state index contributed by atoms with van der Waals surface area (Å²) in [5.74, 6) is 0.0807. The number of amides is 1. The van der Waals surface area contributed by atoms with Gasteiger partial charge in [-0.3, -0.25) is 4.79 Å². The molecule has 1 fully saturated rings. The molecule has 0 heterocycles. The number of rotatable bonds is 3. The molecule has 0 aromatic rings. The summed E-state index contributed by atoms with van der Waals surface area (Å²) < 4.78 is 0. The van der Waals surface area contributed by atoms with Gasteiger partial charge in [0.05, 0.1) is 5.41 Å². The molecule has 3 heteroatoms. The molecule has 0 aromatic carbocycles. The topological polar surface area (TPSA) is 55.1 Å². The summed E-state index contributed by atoms with van der Waals surface area (Å²) in [5, 5.41) is 3.06. The second-order valence-corrected chi connectivity index (χ2v) is 4.96. The monoisotopic (exact) mass is 184 g/mol. The summed E-state index contributed by atoms with van der Waals surface area (Å²) in [7, 11) is 0. The van der Waals surface area contributed by atoms with E-state index in [1.165, 1.54) is 6.42 Å². The molecule has 3 N–H and O–H groups in total. The Morgan fingerprint density at radius 1 is 1.54 bits per heavy atom. The van der Waals surface area contributed by atoms with Crippen LogP contribution in [0.25, 0.3) is 0 Å². The summed E-state index contributed by atoms with van der Waals surface area (Å²) in [4.78, 5) is 11.7. The Bertz CT molecular complexity index is 207. The highest BCUT2D eigenvalue weighted by atomic mass is 16.2. The van der Waals surface area contributed by atoms with E-state index in [2.05, 4.69) is 12.2 Å². The number of nitrogens with two attached hydrogens (primary N) is 1. The van der Waals surface area contributed by atoms with Gasteiger partial charge in [-0.15, -0.1) is 0 Å². The lowest BCUT2D eigenvalue weighted by molar-refractivity contribution is -0.131. The molecule has 76 valence electrons. The zero-order chi connectivity index (χ0) is 10.1. The van der Waals surface area contributed by atoms with Crippen molar-refractivity contribution in [1.29, 1.82) is 0 Å². The van der Waals surface area contributed by atoms with E-state index in [-0.39, 0.29) is 11.4 Å². The average molecular weight is 184 g/mol. The fourth-order valence-corrected chi connectivity index (χ4v) is 1.37. The Morgan fingerprint density at radius 2 is 2.08 bits per heavy atom. The van der Waals surface area contributed by atoms with E-state index in [0.29, 0.717) is 6.54 Å². The maximum atomic E-state index is 11.7. The van der Waals surface area contributed by atoms with Crippen LogP contribution in [0.1, 0.15) is 40.0 Å². The second kappa shape index (κ2) is 3.29. The van der Waals surface area contributed by atoms with Crippen molar-refractivity contribution in [2.75, 3.05) is 6.54 Å². The Hall–Kier alpha value is -0.570. The van der Waals surface area contributed by atoms with Gasteiger partial charge in [0, 0.05) is 12.1 Å². The van der Waals surface area contributed by atoms with E-state index >= 15 is 0 Å². The lowest BCUT2D eigenvalue weighted by Gasteiger charge is -2.41. The molecule has 0 saturated heterocycles. The second-order valence-electron chi connectivity index (χ2n) is 4.96. The van der Waals surface area contributed by atoms with Gasteiger partial charge < -0.3 is 11.1 Å². The first kappa shape index (κ1) is 10.5. The van der Waals surface area contributed by atoms with Gasteiger partial charge in [-0.25, -0.2) is 0 Å². The molecule has 1 aliphatic rings. The first-order valence-electron chi connectivity index (χ1n) is 4.92. The number of carbonyl (C=O) groups is 1. The van der Waals surface area contributed by atoms with Crippen molar-refractivity contribution in [3.05, 3.63) is 0 Å². The third-order valence-corrected chi connectivity index (χ3v) is 3.00. The van der Waals surface area contributed by atoms with Crippen LogP contribution in [0.3, 0.4) is 0 Å². The van der Waals surface area contributed by atoms with Crippen LogP contribution in [0.4, 0.5) is 0 Å². The number of nitrogens with one attached hydrogen (secondary N) is 1. The molecule has 0 aromatic heterocycles. The minimum absolute atomic E-state index is 0.0452. The highest BCUT2D eigenvalue weighted by Crippen LogP contribution is 2.32. The van der Waals surface area contributed by atoms with E-state index < -0.39 is 5.41 Å². The van der Waals surface area contributed by atoms with Crippen LogP contribution in [-0.4, -0.2) is 18.0 Å². The minimum atomic E-state index is -0.432. The first-order valence-corrected chi connectivity index (χ1v) is 4.92. The van der Waals surface area contributed by atoms with Gasteiger partial charge in [0.1, 0.15) is 0 Å². The molecule has 13 heavy (non-hydrogen) atoms. The Morgan fingerprint density at radius 3 is 2.38 bits per heavy atom. The van der Waals surface area contributed by atoms with Crippen LogP contribution in [0, 0.1) is 5.41 Å². The summed E-state index contributed by atoms with van der Waals surface area (Å²) >= 11 is 0. The van der Waals surface area contributed by atoms with Crippen LogP contribution in [-0.2, 0) is 4.79 Å². The highest BCUT2D eigenvalue weighted by molar-refractivity contribution is 5.82. The average Bonchev–Trinajstić information content (AvgIpc) is 2.01. The van der Waals surface area contributed by atoms with E-state index in [4.69, 9.17) is 5.73 Å². The lowest BCUT2D eigenvalue weighted by Crippen LogP contribution is -2.55. The van der Waals surface area contributed by atoms with E-state index in [0.717, 1.165) is 12.8 Å². The van der Waals surface area contributed by atoms with Crippen molar-refractivity contribution >= 4 is 5.91 Å². The van der Waals surface area contributed by atoms with Gasteiger partial charge in [0.2, 0.25) is 5.91 Å². The van der Waals surface area contributed by atoms with Gasteiger partial charge in [0.15, 0.2) is 0 Å². The molecule has 0 spiro atoms. The van der Waals surface area contributed by atoms with E-state index in [9.17, 15) is 4.79 Å². The molecule has 1 rings (SSSR count). The molecule has 0 atom stereocenters. The van der Waals surface area contributed by atoms with Crippen LogP contribution < -0.4 is 11.1 Å².